The van der Waals surface area contributed by atoms with Crippen LogP contribution < -0.4 is 10.6 Å². The number of aromatic nitrogens is 2. The molecule has 15 heavy (non-hydrogen) atoms. The highest BCUT2D eigenvalue weighted by molar-refractivity contribution is 5.46. The summed E-state index contributed by atoms with van der Waals surface area (Å²) in [6, 6.07) is 0.581. The maximum absolute atomic E-state index is 4.32. The van der Waals surface area contributed by atoms with Crippen LogP contribution in [0.25, 0.3) is 0 Å². The van der Waals surface area contributed by atoms with Gasteiger partial charge >= 0.3 is 0 Å². The summed E-state index contributed by atoms with van der Waals surface area (Å²) < 4.78 is 0. The second-order valence-electron chi connectivity index (χ2n) is 4.20. The molecule has 0 spiro atoms. The molecule has 2 heterocycles. The van der Waals surface area contributed by atoms with Gasteiger partial charge in [-0.1, -0.05) is 6.92 Å². The van der Waals surface area contributed by atoms with Gasteiger partial charge in [0, 0.05) is 17.3 Å². The van der Waals surface area contributed by atoms with E-state index in [1.54, 1.807) is 0 Å². The van der Waals surface area contributed by atoms with Crippen molar-refractivity contribution in [3.63, 3.8) is 0 Å². The molecule has 84 valence electrons. The molecule has 0 aliphatic carbocycles. The fourth-order valence-corrected chi connectivity index (χ4v) is 2.08. The molecule has 4 nitrogen and oxygen atoms in total. The number of nitrogens with zero attached hydrogens (tertiary/aromatic N) is 1. The van der Waals surface area contributed by atoms with Gasteiger partial charge in [0.15, 0.2) is 5.82 Å². The molecular formula is C11H20N4. The number of aromatic amines is 1. The van der Waals surface area contributed by atoms with Crippen molar-refractivity contribution < 1.29 is 0 Å². The molecule has 1 saturated heterocycles. The smallest absolute Gasteiger partial charge is 0.151 e. The van der Waals surface area contributed by atoms with Crippen LogP contribution in [-0.4, -0.2) is 29.3 Å². The molecule has 3 N–H and O–H groups in total. The molecule has 0 aromatic carbocycles. The lowest BCUT2D eigenvalue weighted by atomic mass is 10.1. The van der Waals surface area contributed by atoms with Crippen LogP contribution in [0, 0.1) is 6.92 Å². The number of rotatable bonds is 3. The van der Waals surface area contributed by atoms with E-state index in [0.29, 0.717) is 6.04 Å². The number of nitrogens with one attached hydrogen (secondary N) is 3. The Hall–Kier alpha value is -1.03. The third-order valence-electron chi connectivity index (χ3n) is 3.14. The third-order valence-corrected chi connectivity index (χ3v) is 3.14. The number of H-pyrrole nitrogens is 1. The first kappa shape index (κ1) is 10.5. The summed E-state index contributed by atoms with van der Waals surface area (Å²) in [5.41, 5.74) is 2.52. The van der Waals surface area contributed by atoms with Gasteiger partial charge in [0.05, 0.1) is 0 Å². The van der Waals surface area contributed by atoms with Crippen molar-refractivity contribution in [3.8, 4) is 0 Å². The molecule has 0 saturated carbocycles. The minimum absolute atomic E-state index is 0.581. The minimum atomic E-state index is 0.581. The lowest BCUT2D eigenvalue weighted by Crippen LogP contribution is -2.35. The Bertz CT molecular complexity index is 312. The molecule has 2 rings (SSSR count). The minimum Gasteiger partial charge on any atom is -0.366 e. The number of anilines is 1. The maximum atomic E-state index is 4.32. The van der Waals surface area contributed by atoms with E-state index in [1.165, 1.54) is 24.1 Å². The van der Waals surface area contributed by atoms with E-state index in [2.05, 4.69) is 34.7 Å². The van der Waals surface area contributed by atoms with Crippen molar-refractivity contribution in [2.45, 2.75) is 39.2 Å². The van der Waals surface area contributed by atoms with E-state index in [9.17, 15) is 0 Å². The molecule has 0 radical (unpaired) electrons. The van der Waals surface area contributed by atoms with Gasteiger partial charge in [-0.15, -0.1) is 0 Å². The Labute approximate surface area is 90.8 Å². The van der Waals surface area contributed by atoms with Crippen molar-refractivity contribution in [1.82, 2.24) is 15.5 Å². The Morgan fingerprint density at radius 3 is 2.73 bits per heavy atom. The van der Waals surface area contributed by atoms with Crippen LogP contribution in [0.4, 0.5) is 5.82 Å². The van der Waals surface area contributed by atoms with Crippen molar-refractivity contribution in [2.75, 3.05) is 18.4 Å². The SMILES string of the molecule is CCc1[nH]nc(NC2CCNCC2)c1C. The van der Waals surface area contributed by atoms with Gasteiger partial charge < -0.3 is 10.6 Å². The quantitative estimate of drug-likeness (QED) is 0.704. The van der Waals surface area contributed by atoms with Gasteiger partial charge in [-0.25, -0.2) is 0 Å². The largest absolute Gasteiger partial charge is 0.366 e. The number of hydrogen-bond donors (Lipinski definition) is 3. The van der Waals surface area contributed by atoms with Gasteiger partial charge in [0.1, 0.15) is 0 Å². The Morgan fingerprint density at radius 1 is 1.40 bits per heavy atom. The van der Waals surface area contributed by atoms with Gasteiger partial charge in [-0.3, -0.25) is 5.10 Å². The van der Waals surface area contributed by atoms with Crippen LogP contribution in [-0.2, 0) is 6.42 Å². The Kier molecular flexibility index (Phi) is 3.26. The first-order valence-electron chi connectivity index (χ1n) is 5.82. The average Bonchev–Trinajstić information content (AvgIpc) is 2.62. The van der Waals surface area contributed by atoms with Gasteiger partial charge in [-0.2, -0.15) is 5.10 Å². The summed E-state index contributed by atoms with van der Waals surface area (Å²) in [5.74, 6) is 1.04. The highest BCUT2D eigenvalue weighted by Gasteiger charge is 2.15. The zero-order valence-corrected chi connectivity index (χ0v) is 9.56. The van der Waals surface area contributed by atoms with E-state index in [4.69, 9.17) is 0 Å². The molecule has 0 unspecified atom stereocenters. The first-order chi connectivity index (χ1) is 7.31. The molecule has 0 amide bonds. The summed E-state index contributed by atoms with van der Waals surface area (Å²) in [6.07, 6.45) is 3.40. The van der Waals surface area contributed by atoms with Crippen molar-refractivity contribution in [1.29, 1.82) is 0 Å². The predicted octanol–water partition coefficient (Wildman–Crippen LogP) is 1.44. The molecule has 4 heteroatoms. The average molecular weight is 208 g/mol. The summed E-state index contributed by atoms with van der Waals surface area (Å²) in [4.78, 5) is 0. The third kappa shape index (κ3) is 2.31. The van der Waals surface area contributed by atoms with Crippen LogP contribution in [0.1, 0.15) is 31.0 Å². The second kappa shape index (κ2) is 4.66. The predicted molar refractivity (Wildman–Crippen MR) is 62.2 cm³/mol. The second-order valence-corrected chi connectivity index (χ2v) is 4.20. The molecule has 1 fully saturated rings. The summed E-state index contributed by atoms with van der Waals surface area (Å²) in [6.45, 7) is 6.50. The van der Waals surface area contributed by atoms with E-state index < -0.39 is 0 Å². The number of hydrogen-bond acceptors (Lipinski definition) is 3. The summed E-state index contributed by atoms with van der Waals surface area (Å²) >= 11 is 0. The monoisotopic (exact) mass is 208 g/mol. The highest BCUT2D eigenvalue weighted by atomic mass is 15.2. The van der Waals surface area contributed by atoms with Crippen molar-refractivity contribution in [2.24, 2.45) is 0 Å². The van der Waals surface area contributed by atoms with Crippen molar-refractivity contribution >= 4 is 5.82 Å². The molecular weight excluding hydrogens is 188 g/mol. The maximum Gasteiger partial charge on any atom is 0.151 e. The lowest BCUT2D eigenvalue weighted by molar-refractivity contribution is 0.478. The van der Waals surface area contributed by atoms with E-state index in [0.717, 1.165) is 25.3 Å². The number of aryl methyl sites for hydroxylation is 1. The topological polar surface area (TPSA) is 52.7 Å². The van der Waals surface area contributed by atoms with Crippen molar-refractivity contribution in [3.05, 3.63) is 11.3 Å². The Balaban J connectivity index is 2.00. The lowest BCUT2D eigenvalue weighted by Gasteiger charge is -2.23. The fourth-order valence-electron chi connectivity index (χ4n) is 2.08. The summed E-state index contributed by atoms with van der Waals surface area (Å²) in [7, 11) is 0. The van der Waals surface area contributed by atoms with Gasteiger partial charge in [-0.05, 0) is 39.3 Å². The first-order valence-corrected chi connectivity index (χ1v) is 5.82. The van der Waals surface area contributed by atoms with Crippen LogP contribution in [0.5, 0.6) is 0 Å². The molecule has 1 aliphatic rings. The summed E-state index contributed by atoms with van der Waals surface area (Å²) in [5, 5.41) is 14.3. The number of piperidine rings is 1. The zero-order valence-electron chi connectivity index (χ0n) is 9.56. The molecule has 0 bridgehead atoms. The van der Waals surface area contributed by atoms with Crippen LogP contribution in [0.3, 0.4) is 0 Å². The van der Waals surface area contributed by atoms with E-state index >= 15 is 0 Å². The molecule has 1 aliphatic heterocycles. The van der Waals surface area contributed by atoms with Crippen LogP contribution in [0.2, 0.25) is 0 Å². The normalized spacial score (nSPS) is 18.0. The van der Waals surface area contributed by atoms with Crippen LogP contribution >= 0.6 is 0 Å². The van der Waals surface area contributed by atoms with E-state index in [-0.39, 0.29) is 0 Å². The van der Waals surface area contributed by atoms with Gasteiger partial charge in [0.25, 0.3) is 0 Å². The Morgan fingerprint density at radius 2 is 2.13 bits per heavy atom. The molecule has 1 aromatic rings. The zero-order chi connectivity index (χ0) is 10.7. The van der Waals surface area contributed by atoms with Gasteiger partial charge in [0.2, 0.25) is 0 Å². The van der Waals surface area contributed by atoms with Crippen LogP contribution in [0.15, 0.2) is 0 Å². The van der Waals surface area contributed by atoms with E-state index in [1.807, 2.05) is 0 Å². The molecule has 0 atom stereocenters. The fraction of sp³-hybridized carbons (Fsp3) is 0.727. The highest BCUT2D eigenvalue weighted by Crippen LogP contribution is 2.18. The molecule has 1 aromatic heterocycles. The standard InChI is InChI=1S/C11H20N4/c1-3-10-8(2)11(15-14-10)13-9-4-6-12-7-5-9/h9,12H,3-7H2,1-2H3,(H2,13,14,15).